The molecule has 4 heteroatoms. The number of carbonyl (C=O) groups is 2. The van der Waals surface area contributed by atoms with E-state index in [1.165, 1.54) is 0 Å². The SMILES string of the molecule is Cc1ccc(C(=O)c2cccn2CCC=Cc2ccc(CCC(=O)O)cc2)cc1. The minimum absolute atomic E-state index is 0.0379. The maximum atomic E-state index is 12.7. The number of nitrogens with zero attached hydrogens (tertiary/aromatic N) is 1. The van der Waals surface area contributed by atoms with Gasteiger partial charge in [-0.05, 0) is 43.0 Å². The molecule has 0 bridgehead atoms. The molecular formula is C25H25NO3. The summed E-state index contributed by atoms with van der Waals surface area (Å²) in [5, 5.41) is 8.75. The lowest BCUT2D eigenvalue weighted by atomic mass is 10.1. The number of aryl methyl sites for hydroxylation is 3. The molecule has 29 heavy (non-hydrogen) atoms. The van der Waals surface area contributed by atoms with Crippen LogP contribution < -0.4 is 0 Å². The van der Waals surface area contributed by atoms with Crippen LogP contribution in [0.4, 0.5) is 0 Å². The largest absolute Gasteiger partial charge is 0.481 e. The van der Waals surface area contributed by atoms with Crippen molar-refractivity contribution in [3.05, 3.63) is 101 Å². The summed E-state index contributed by atoms with van der Waals surface area (Å²) in [6, 6.07) is 19.3. The van der Waals surface area contributed by atoms with Gasteiger partial charge in [0.15, 0.2) is 0 Å². The molecule has 1 heterocycles. The topological polar surface area (TPSA) is 59.3 Å². The molecule has 0 aliphatic heterocycles. The summed E-state index contributed by atoms with van der Waals surface area (Å²) in [6.45, 7) is 2.74. The van der Waals surface area contributed by atoms with E-state index in [0.717, 1.165) is 29.7 Å². The Balaban J connectivity index is 1.56. The molecule has 0 unspecified atom stereocenters. The number of carboxylic acids is 1. The van der Waals surface area contributed by atoms with E-state index in [4.69, 9.17) is 5.11 Å². The molecule has 0 atom stereocenters. The Hall–Kier alpha value is -3.40. The van der Waals surface area contributed by atoms with Gasteiger partial charge in [-0.2, -0.15) is 0 Å². The van der Waals surface area contributed by atoms with E-state index in [9.17, 15) is 9.59 Å². The fourth-order valence-corrected chi connectivity index (χ4v) is 3.15. The summed E-state index contributed by atoms with van der Waals surface area (Å²) in [5.41, 5.74) is 4.64. The van der Waals surface area contributed by atoms with Crippen LogP contribution in [0.3, 0.4) is 0 Å². The number of hydrogen-bond donors (Lipinski definition) is 1. The van der Waals surface area contributed by atoms with Gasteiger partial charge in [0, 0.05) is 24.7 Å². The Bertz CT molecular complexity index is 995. The van der Waals surface area contributed by atoms with Crippen LogP contribution in [0.25, 0.3) is 6.08 Å². The van der Waals surface area contributed by atoms with Crippen LogP contribution in [0.15, 0.2) is 72.9 Å². The van der Waals surface area contributed by atoms with Gasteiger partial charge in [-0.1, -0.05) is 66.2 Å². The van der Waals surface area contributed by atoms with Gasteiger partial charge in [0.05, 0.1) is 5.69 Å². The summed E-state index contributed by atoms with van der Waals surface area (Å²) in [7, 11) is 0. The number of allylic oxidation sites excluding steroid dienone is 1. The van der Waals surface area contributed by atoms with Crippen LogP contribution in [0.5, 0.6) is 0 Å². The van der Waals surface area contributed by atoms with E-state index < -0.39 is 5.97 Å². The zero-order chi connectivity index (χ0) is 20.6. The molecule has 0 aliphatic carbocycles. The molecule has 0 fully saturated rings. The lowest BCUT2D eigenvalue weighted by molar-refractivity contribution is -0.136. The lowest BCUT2D eigenvalue weighted by Crippen LogP contribution is -2.09. The average molecular weight is 387 g/mol. The van der Waals surface area contributed by atoms with Gasteiger partial charge in [0.25, 0.3) is 0 Å². The Labute approximate surface area is 171 Å². The van der Waals surface area contributed by atoms with Crippen molar-refractivity contribution in [2.45, 2.75) is 32.7 Å². The standard InChI is InChI=1S/C25H25NO3/c1-19-7-14-22(15-8-19)25(29)23-6-4-18-26(23)17-3-2-5-20-9-11-21(12-10-20)13-16-24(27)28/h2,4-12,14-15,18H,3,13,16-17H2,1H3,(H,27,28). The third-order valence-electron chi connectivity index (χ3n) is 4.83. The molecule has 3 rings (SSSR count). The molecule has 148 valence electrons. The Morgan fingerprint density at radius 2 is 1.72 bits per heavy atom. The number of aromatic nitrogens is 1. The normalized spacial score (nSPS) is 11.1. The third-order valence-corrected chi connectivity index (χ3v) is 4.83. The van der Waals surface area contributed by atoms with Crippen LogP contribution in [0.2, 0.25) is 0 Å². The molecule has 1 N–H and O–H groups in total. The van der Waals surface area contributed by atoms with Crippen molar-refractivity contribution in [1.29, 1.82) is 0 Å². The van der Waals surface area contributed by atoms with E-state index in [2.05, 4.69) is 6.08 Å². The number of rotatable bonds is 9. The van der Waals surface area contributed by atoms with Crippen LogP contribution in [-0.4, -0.2) is 21.4 Å². The second-order valence-corrected chi connectivity index (χ2v) is 7.11. The van der Waals surface area contributed by atoms with Crippen LogP contribution in [-0.2, 0) is 17.8 Å². The zero-order valence-electron chi connectivity index (χ0n) is 16.5. The summed E-state index contributed by atoms with van der Waals surface area (Å²) >= 11 is 0. The van der Waals surface area contributed by atoms with Crippen molar-refractivity contribution in [1.82, 2.24) is 4.57 Å². The number of carboxylic acid groups (broad SMARTS) is 1. The highest BCUT2D eigenvalue weighted by Crippen LogP contribution is 2.13. The number of aliphatic carboxylic acids is 1. The number of hydrogen-bond acceptors (Lipinski definition) is 2. The molecule has 3 aromatic rings. The highest BCUT2D eigenvalue weighted by atomic mass is 16.4. The number of ketones is 1. The smallest absolute Gasteiger partial charge is 0.303 e. The first kappa shape index (κ1) is 20.3. The fourth-order valence-electron chi connectivity index (χ4n) is 3.15. The predicted molar refractivity (Wildman–Crippen MR) is 115 cm³/mol. The quantitative estimate of drug-likeness (QED) is 0.517. The van der Waals surface area contributed by atoms with Crippen molar-refractivity contribution in [3.8, 4) is 0 Å². The monoisotopic (exact) mass is 387 g/mol. The first-order valence-corrected chi connectivity index (χ1v) is 9.77. The molecule has 0 saturated heterocycles. The average Bonchev–Trinajstić information content (AvgIpc) is 3.19. The first-order chi connectivity index (χ1) is 14.0. The lowest BCUT2D eigenvalue weighted by Gasteiger charge is -2.07. The predicted octanol–water partition coefficient (Wildman–Crippen LogP) is 5.15. The number of benzene rings is 2. The van der Waals surface area contributed by atoms with E-state index in [-0.39, 0.29) is 12.2 Å². The van der Waals surface area contributed by atoms with Crippen molar-refractivity contribution in [2.24, 2.45) is 0 Å². The number of carbonyl (C=O) groups excluding carboxylic acids is 1. The van der Waals surface area contributed by atoms with Gasteiger partial charge < -0.3 is 9.67 Å². The molecule has 1 aromatic heterocycles. The fraction of sp³-hybridized carbons (Fsp3) is 0.200. The van der Waals surface area contributed by atoms with Crippen molar-refractivity contribution in [2.75, 3.05) is 0 Å². The Morgan fingerprint density at radius 3 is 2.41 bits per heavy atom. The van der Waals surface area contributed by atoms with E-state index in [0.29, 0.717) is 17.7 Å². The van der Waals surface area contributed by atoms with Gasteiger partial charge in [-0.15, -0.1) is 0 Å². The third kappa shape index (κ3) is 5.79. The van der Waals surface area contributed by atoms with E-state index in [1.807, 2.05) is 84.4 Å². The van der Waals surface area contributed by atoms with Gasteiger partial charge in [-0.3, -0.25) is 9.59 Å². The van der Waals surface area contributed by atoms with Gasteiger partial charge in [-0.25, -0.2) is 0 Å². The molecular weight excluding hydrogens is 362 g/mol. The zero-order valence-corrected chi connectivity index (χ0v) is 16.5. The molecule has 0 amide bonds. The summed E-state index contributed by atoms with van der Waals surface area (Å²) in [5.74, 6) is -0.741. The first-order valence-electron chi connectivity index (χ1n) is 9.77. The molecule has 4 nitrogen and oxygen atoms in total. The minimum atomic E-state index is -0.779. The Morgan fingerprint density at radius 1 is 1.00 bits per heavy atom. The minimum Gasteiger partial charge on any atom is -0.481 e. The summed E-state index contributed by atoms with van der Waals surface area (Å²) < 4.78 is 1.99. The summed E-state index contributed by atoms with van der Waals surface area (Å²) in [6.07, 6.45) is 7.58. The van der Waals surface area contributed by atoms with Crippen LogP contribution in [0, 0.1) is 6.92 Å². The second-order valence-electron chi connectivity index (χ2n) is 7.11. The van der Waals surface area contributed by atoms with Gasteiger partial charge in [0.2, 0.25) is 5.78 Å². The van der Waals surface area contributed by atoms with Crippen molar-refractivity contribution in [3.63, 3.8) is 0 Å². The highest BCUT2D eigenvalue weighted by molar-refractivity contribution is 6.08. The highest BCUT2D eigenvalue weighted by Gasteiger charge is 2.12. The molecule has 0 spiro atoms. The maximum absolute atomic E-state index is 12.7. The molecule has 0 saturated carbocycles. The molecule has 0 aliphatic rings. The van der Waals surface area contributed by atoms with E-state index >= 15 is 0 Å². The Kier molecular flexibility index (Phi) is 6.80. The maximum Gasteiger partial charge on any atom is 0.303 e. The molecule has 0 radical (unpaired) electrons. The van der Waals surface area contributed by atoms with Crippen molar-refractivity contribution >= 4 is 17.8 Å². The van der Waals surface area contributed by atoms with Gasteiger partial charge >= 0.3 is 5.97 Å². The molecule has 2 aromatic carbocycles. The van der Waals surface area contributed by atoms with Gasteiger partial charge in [0.1, 0.15) is 0 Å². The van der Waals surface area contributed by atoms with Crippen LogP contribution >= 0.6 is 0 Å². The van der Waals surface area contributed by atoms with E-state index in [1.54, 1.807) is 0 Å². The van der Waals surface area contributed by atoms with Crippen LogP contribution in [0.1, 0.15) is 45.6 Å². The second kappa shape index (κ2) is 9.69. The van der Waals surface area contributed by atoms with Crippen molar-refractivity contribution < 1.29 is 14.7 Å². The summed E-state index contributed by atoms with van der Waals surface area (Å²) in [4.78, 5) is 23.4.